The molecule has 4 rings (SSSR count). The Morgan fingerprint density at radius 2 is 1.56 bits per heavy atom. The van der Waals surface area contributed by atoms with E-state index in [2.05, 4.69) is 10.2 Å². The molecule has 0 saturated heterocycles. The van der Waals surface area contributed by atoms with Gasteiger partial charge in [0.15, 0.2) is 17.2 Å². The van der Waals surface area contributed by atoms with Gasteiger partial charge in [0.05, 0.1) is 34.5 Å². The molecule has 0 fully saturated rings. The van der Waals surface area contributed by atoms with Crippen LogP contribution in [0.15, 0.2) is 53.3 Å². The van der Waals surface area contributed by atoms with Gasteiger partial charge in [0.25, 0.3) is 0 Å². The van der Waals surface area contributed by atoms with Crippen LogP contribution in [0.2, 0.25) is 0 Å². The van der Waals surface area contributed by atoms with Gasteiger partial charge < -0.3 is 40.0 Å². The number of ether oxygens (including phenoxy) is 4. The monoisotopic (exact) mass is 703 g/mol. The molecule has 1 amide bonds. The van der Waals surface area contributed by atoms with Crippen LogP contribution in [0.3, 0.4) is 0 Å². The van der Waals surface area contributed by atoms with Crippen LogP contribution in [0.4, 0.5) is 5.69 Å². The second-order valence-electron chi connectivity index (χ2n) is 10.9. The summed E-state index contributed by atoms with van der Waals surface area (Å²) in [6.07, 6.45) is 1.59. The zero-order valence-electron chi connectivity index (χ0n) is 27.8. The summed E-state index contributed by atoms with van der Waals surface area (Å²) in [4.78, 5) is 37.3. The van der Waals surface area contributed by atoms with Crippen molar-refractivity contribution in [2.75, 3.05) is 58.2 Å². The Balaban J connectivity index is 0.000000286. The highest BCUT2D eigenvalue weighted by molar-refractivity contribution is 6.18. The summed E-state index contributed by atoms with van der Waals surface area (Å²) < 4.78 is 22.0. The van der Waals surface area contributed by atoms with Gasteiger partial charge in [-0.15, -0.1) is 23.2 Å². The number of nitrogens with zero attached hydrogens (tertiary/aromatic N) is 1. The molecule has 1 aliphatic carbocycles. The van der Waals surface area contributed by atoms with Gasteiger partial charge in [-0.05, 0) is 71.8 Å². The molecule has 48 heavy (non-hydrogen) atoms. The number of alkyl halides is 2. The summed E-state index contributed by atoms with van der Waals surface area (Å²) in [5.74, 6) is 1.67. The molecule has 11 nitrogen and oxygen atoms in total. The predicted octanol–water partition coefficient (Wildman–Crippen LogP) is 4.80. The number of carboxylic acids is 1. The maximum atomic E-state index is 12.6. The number of fused-ring (bicyclic) bond motifs is 3. The maximum Gasteiger partial charge on any atom is 0.320 e. The number of aryl methyl sites for hydroxylation is 1. The Labute approximate surface area is 290 Å². The van der Waals surface area contributed by atoms with Crippen LogP contribution >= 0.6 is 23.2 Å². The van der Waals surface area contributed by atoms with Gasteiger partial charge in [0.2, 0.25) is 17.1 Å². The molecule has 0 aromatic heterocycles. The molecule has 4 N–H and O–H groups in total. The number of rotatable bonds is 13. The van der Waals surface area contributed by atoms with E-state index in [1.54, 1.807) is 27.4 Å². The predicted molar refractivity (Wildman–Crippen MR) is 189 cm³/mol. The Bertz CT molecular complexity index is 1620. The number of carbonyl (C=O) groups excluding carboxylic acids is 1. The number of carboxylic acid groups (broad SMARTS) is 1. The standard InChI is InChI=1S/C22H25NO6.C13H18Cl2N2O2/c1-12(24)23-16-8-6-13-10-19(27-3)21(28-4)22(29-5)20(13)14-7-9-18(26-2)17(25)11-15(14)16;14-5-7-17(8-6-15)11-3-1-10(2-4-11)9-12(16)13(18)19/h7,9-11,16H,6,8H2,1-5H3,(H,23,24);1-4,12H,5-9,16H2,(H,18,19)/t16-;12-/m00/s1. The van der Waals surface area contributed by atoms with Gasteiger partial charge in [-0.25, -0.2) is 0 Å². The van der Waals surface area contributed by atoms with E-state index in [1.165, 1.54) is 20.1 Å². The topological polar surface area (TPSA) is 150 Å². The van der Waals surface area contributed by atoms with E-state index in [1.807, 2.05) is 36.4 Å². The van der Waals surface area contributed by atoms with Crippen LogP contribution in [0.5, 0.6) is 23.0 Å². The number of carbonyl (C=O) groups is 2. The first-order chi connectivity index (χ1) is 23.0. The third-order valence-corrected chi connectivity index (χ3v) is 8.22. The number of aliphatic carboxylic acids is 1. The molecule has 13 heteroatoms. The van der Waals surface area contributed by atoms with Crippen molar-refractivity contribution in [2.24, 2.45) is 5.73 Å². The number of methoxy groups -OCH3 is 4. The van der Waals surface area contributed by atoms with E-state index >= 15 is 0 Å². The number of amides is 1. The Morgan fingerprint density at radius 1 is 0.938 bits per heavy atom. The first-order valence-corrected chi connectivity index (χ1v) is 16.4. The summed E-state index contributed by atoms with van der Waals surface area (Å²) in [6, 6.07) is 13.3. The average Bonchev–Trinajstić information content (AvgIpc) is 3.32. The lowest BCUT2D eigenvalue weighted by molar-refractivity contribution is -0.138. The third-order valence-electron chi connectivity index (χ3n) is 7.88. The van der Waals surface area contributed by atoms with E-state index in [4.69, 9.17) is 53.0 Å². The number of hydrogen-bond donors (Lipinski definition) is 3. The van der Waals surface area contributed by atoms with Crippen molar-refractivity contribution in [3.63, 3.8) is 0 Å². The molecule has 2 atom stereocenters. The molecule has 260 valence electrons. The fraction of sp³-hybridized carbons (Fsp3) is 0.400. The minimum absolute atomic E-state index is 0.167. The van der Waals surface area contributed by atoms with Crippen LogP contribution in [0, 0.1) is 0 Å². The Hall–Kier alpha value is -4.19. The molecule has 3 aromatic rings. The van der Waals surface area contributed by atoms with Crippen LogP contribution < -0.4 is 40.3 Å². The lowest BCUT2D eigenvalue weighted by Gasteiger charge is -2.23. The van der Waals surface area contributed by atoms with E-state index in [0.717, 1.165) is 41.0 Å². The summed E-state index contributed by atoms with van der Waals surface area (Å²) in [6.45, 7) is 2.91. The number of benzene rings is 2. The van der Waals surface area contributed by atoms with Crippen LogP contribution in [-0.4, -0.2) is 76.3 Å². The summed E-state index contributed by atoms with van der Waals surface area (Å²) in [5.41, 5.74) is 10.4. The van der Waals surface area contributed by atoms with E-state index in [0.29, 0.717) is 53.8 Å². The highest BCUT2D eigenvalue weighted by Gasteiger charge is 2.29. The van der Waals surface area contributed by atoms with Gasteiger partial charge in [0, 0.05) is 43.0 Å². The van der Waals surface area contributed by atoms with Crippen LogP contribution in [0.1, 0.15) is 36.1 Å². The molecule has 0 spiro atoms. The van der Waals surface area contributed by atoms with Gasteiger partial charge in [-0.2, -0.15) is 0 Å². The zero-order chi connectivity index (χ0) is 35.4. The molecule has 0 bridgehead atoms. The van der Waals surface area contributed by atoms with E-state index < -0.39 is 12.0 Å². The van der Waals surface area contributed by atoms with Gasteiger partial charge in [-0.3, -0.25) is 14.4 Å². The molecular formula is C35H43Cl2N3O8. The molecule has 0 unspecified atom stereocenters. The molecule has 0 radical (unpaired) electrons. The number of nitrogens with one attached hydrogen (secondary N) is 1. The molecule has 0 aliphatic heterocycles. The number of hydrogen-bond acceptors (Lipinski definition) is 9. The van der Waals surface area contributed by atoms with Gasteiger partial charge >= 0.3 is 5.97 Å². The minimum atomic E-state index is -0.991. The third kappa shape index (κ3) is 9.46. The van der Waals surface area contributed by atoms with Crippen molar-refractivity contribution >= 4 is 40.8 Å². The molecule has 0 saturated carbocycles. The lowest BCUT2D eigenvalue weighted by Crippen LogP contribution is -2.32. The number of anilines is 1. The van der Waals surface area contributed by atoms with Gasteiger partial charge in [-0.1, -0.05) is 18.2 Å². The lowest BCUT2D eigenvalue weighted by atomic mass is 9.95. The van der Waals surface area contributed by atoms with Crippen molar-refractivity contribution in [3.05, 3.63) is 75.4 Å². The number of halogens is 2. The summed E-state index contributed by atoms with van der Waals surface area (Å²) in [5, 5.41) is 11.7. The largest absolute Gasteiger partial charge is 0.493 e. The smallest absolute Gasteiger partial charge is 0.320 e. The number of nitrogens with two attached hydrogens (primary N) is 1. The SMILES string of the molecule is COc1cc2c(c(OC)c1OC)-c1ccc(OC)c(=O)cc1[C@@H](NC(C)=O)CC2.N[C@@H](Cc1ccc(N(CCCl)CCCl)cc1)C(=O)O. The van der Waals surface area contributed by atoms with Crippen LogP contribution in [-0.2, 0) is 22.4 Å². The van der Waals surface area contributed by atoms with E-state index in [-0.39, 0.29) is 23.1 Å². The maximum absolute atomic E-state index is 12.6. The highest BCUT2D eigenvalue weighted by atomic mass is 35.5. The first kappa shape index (κ1) is 38.3. The Morgan fingerprint density at radius 3 is 2.08 bits per heavy atom. The van der Waals surface area contributed by atoms with Gasteiger partial charge in [0.1, 0.15) is 6.04 Å². The molecular weight excluding hydrogens is 661 g/mol. The summed E-state index contributed by atoms with van der Waals surface area (Å²) >= 11 is 11.5. The quantitative estimate of drug-likeness (QED) is 0.212. The fourth-order valence-electron chi connectivity index (χ4n) is 5.62. The van der Waals surface area contributed by atoms with Crippen molar-refractivity contribution in [2.45, 2.75) is 38.3 Å². The molecule has 1 aliphatic rings. The van der Waals surface area contributed by atoms with Crippen molar-refractivity contribution in [3.8, 4) is 34.1 Å². The normalized spacial score (nSPS) is 13.7. The summed E-state index contributed by atoms with van der Waals surface area (Å²) in [7, 11) is 6.14. The first-order valence-electron chi connectivity index (χ1n) is 15.3. The second kappa shape index (κ2) is 18.4. The fourth-order valence-corrected chi connectivity index (χ4v) is 6.03. The van der Waals surface area contributed by atoms with Crippen LogP contribution in [0.25, 0.3) is 11.1 Å². The minimum Gasteiger partial charge on any atom is -0.493 e. The average molecular weight is 705 g/mol. The van der Waals surface area contributed by atoms with Crippen molar-refractivity contribution in [1.82, 2.24) is 5.32 Å². The van der Waals surface area contributed by atoms with Crippen molar-refractivity contribution < 1.29 is 33.6 Å². The second-order valence-corrected chi connectivity index (χ2v) is 11.7. The Kier molecular flexibility index (Phi) is 14.6. The highest BCUT2D eigenvalue weighted by Crippen LogP contribution is 2.50. The zero-order valence-corrected chi connectivity index (χ0v) is 29.3. The van der Waals surface area contributed by atoms with E-state index in [9.17, 15) is 14.4 Å². The van der Waals surface area contributed by atoms with Crippen molar-refractivity contribution in [1.29, 1.82) is 0 Å². The molecule has 0 heterocycles. The molecule has 3 aromatic carbocycles.